The monoisotopic (exact) mass is 289 g/mol. The maximum atomic E-state index is 12.5. The second-order valence-corrected chi connectivity index (χ2v) is 6.06. The minimum atomic E-state index is -0.869. The first-order valence-corrected chi connectivity index (χ1v) is 7.52. The van der Waals surface area contributed by atoms with Crippen molar-refractivity contribution in [1.82, 2.24) is 0 Å². The predicted molar refractivity (Wildman–Crippen MR) is 82.4 cm³/mol. The smallest absolute Gasteiger partial charge is 0.310 e. The van der Waals surface area contributed by atoms with Gasteiger partial charge in [0.2, 0.25) is 5.91 Å². The lowest BCUT2D eigenvalue weighted by Crippen LogP contribution is -2.40. The van der Waals surface area contributed by atoms with Gasteiger partial charge in [0.15, 0.2) is 0 Å². The van der Waals surface area contributed by atoms with Gasteiger partial charge in [0.25, 0.3) is 0 Å². The molecule has 4 nitrogen and oxygen atoms in total. The van der Waals surface area contributed by atoms with Crippen molar-refractivity contribution in [1.29, 1.82) is 0 Å². The van der Waals surface area contributed by atoms with Gasteiger partial charge in [-0.15, -0.1) is 0 Å². The quantitative estimate of drug-likeness (QED) is 0.924. The molecule has 0 aliphatic heterocycles. The summed E-state index contributed by atoms with van der Waals surface area (Å²) >= 11 is 0. The number of carbonyl (C=O) groups is 2. The number of carbonyl (C=O) groups excluding carboxylic acids is 1. The van der Waals surface area contributed by atoms with E-state index in [-0.39, 0.29) is 12.3 Å². The van der Waals surface area contributed by atoms with E-state index in [1.54, 1.807) is 11.9 Å². The highest BCUT2D eigenvalue weighted by Gasteiger charge is 2.42. The molecule has 1 aliphatic rings. The molecule has 1 aliphatic carbocycles. The molecule has 1 amide bonds. The van der Waals surface area contributed by atoms with E-state index < -0.39 is 11.4 Å². The molecule has 1 aromatic rings. The van der Waals surface area contributed by atoms with Crippen LogP contribution >= 0.6 is 0 Å². The van der Waals surface area contributed by atoms with Gasteiger partial charge in [-0.05, 0) is 31.4 Å². The maximum absolute atomic E-state index is 12.5. The fourth-order valence-corrected chi connectivity index (χ4v) is 3.18. The summed E-state index contributed by atoms with van der Waals surface area (Å²) < 4.78 is 0. The number of aliphatic carboxylic acids is 1. The van der Waals surface area contributed by atoms with Crippen molar-refractivity contribution in [3.63, 3.8) is 0 Å². The van der Waals surface area contributed by atoms with Crippen LogP contribution in [0.4, 0.5) is 5.69 Å². The van der Waals surface area contributed by atoms with Crippen molar-refractivity contribution in [2.75, 3.05) is 11.9 Å². The number of carboxylic acids is 1. The minimum absolute atomic E-state index is 0.0904. The maximum Gasteiger partial charge on any atom is 0.310 e. The second-order valence-electron chi connectivity index (χ2n) is 6.06. The molecule has 0 aromatic heterocycles. The molecular weight excluding hydrogens is 266 g/mol. The highest BCUT2D eigenvalue weighted by Crippen LogP contribution is 2.40. The van der Waals surface area contributed by atoms with Crippen LogP contribution in [0.1, 0.15) is 44.1 Å². The molecule has 0 saturated heterocycles. The van der Waals surface area contributed by atoms with Crippen molar-refractivity contribution in [2.24, 2.45) is 5.41 Å². The Morgan fingerprint density at radius 3 is 2.38 bits per heavy atom. The molecule has 1 fully saturated rings. The lowest BCUT2D eigenvalue weighted by Gasteiger charge is -2.34. The molecule has 1 saturated carbocycles. The van der Waals surface area contributed by atoms with Crippen molar-refractivity contribution in [2.45, 2.75) is 45.4 Å². The van der Waals surface area contributed by atoms with Gasteiger partial charge in [-0.1, -0.05) is 37.5 Å². The number of anilines is 1. The van der Waals surface area contributed by atoms with Gasteiger partial charge < -0.3 is 10.0 Å². The Labute approximate surface area is 125 Å². The van der Waals surface area contributed by atoms with Crippen molar-refractivity contribution >= 4 is 17.6 Å². The lowest BCUT2D eigenvalue weighted by atomic mass is 9.71. The minimum Gasteiger partial charge on any atom is -0.481 e. The van der Waals surface area contributed by atoms with Gasteiger partial charge in [-0.25, -0.2) is 0 Å². The Hall–Kier alpha value is -1.84. The molecule has 0 atom stereocenters. The van der Waals surface area contributed by atoms with Crippen LogP contribution in [0.2, 0.25) is 0 Å². The van der Waals surface area contributed by atoms with Crippen LogP contribution in [0.3, 0.4) is 0 Å². The Kier molecular flexibility index (Phi) is 4.66. The summed E-state index contributed by atoms with van der Waals surface area (Å²) in [6.07, 6.45) is 4.16. The van der Waals surface area contributed by atoms with E-state index in [2.05, 4.69) is 0 Å². The van der Waals surface area contributed by atoms with Gasteiger partial charge in [-0.2, -0.15) is 0 Å². The number of nitrogens with zero attached hydrogens (tertiary/aromatic N) is 1. The van der Waals surface area contributed by atoms with E-state index in [0.717, 1.165) is 30.5 Å². The second kappa shape index (κ2) is 6.29. The fourth-order valence-electron chi connectivity index (χ4n) is 3.18. The fraction of sp³-hybridized carbons (Fsp3) is 0.529. The number of aryl methyl sites for hydroxylation is 1. The highest BCUT2D eigenvalue weighted by molar-refractivity contribution is 5.96. The van der Waals surface area contributed by atoms with E-state index in [1.807, 2.05) is 31.2 Å². The normalized spacial score (nSPS) is 17.2. The van der Waals surface area contributed by atoms with Crippen LogP contribution in [0.15, 0.2) is 24.3 Å². The summed E-state index contributed by atoms with van der Waals surface area (Å²) in [7, 11) is 1.73. The number of rotatable bonds is 4. The average molecular weight is 289 g/mol. The van der Waals surface area contributed by atoms with Crippen LogP contribution < -0.4 is 4.90 Å². The molecule has 0 unspecified atom stereocenters. The van der Waals surface area contributed by atoms with E-state index in [0.29, 0.717) is 12.8 Å². The molecule has 114 valence electrons. The Balaban J connectivity index is 2.16. The van der Waals surface area contributed by atoms with Crippen molar-refractivity contribution in [3.8, 4) is 0 Å². The van der Waals surface area contributed by atoms with E-state index in [1.165, 1.54) is 0 Å². The topological polar surface area (TPSA) is 57.6 Å². The van der Waals surface area contributed by atoms with Crippen LogP contribution in [0.25, 0.3) is 0 Å². The number of para-hydroxylation sites is 1. The number of hydrogen-bond donors (Lipinski definition) is 1. The summed E-state index contributed by atoms with van der Waals surface area (Å²) in [5.41, 5.74) is 0.993. The third-order valence-electron chi connectivity index (χ3n) is 4.60. The summed E-state index contributed by atoms with van der Waals surface area (Å²) in [6, 6.07) is 7.66. The lowest BCUT2D eigenvalue weighted by molar-refractivity contribution is -0.153. The molecule has 1 N–H and O–H groups in total. The Morgan fingerprint density at radius 1 is 1.19 bits per heavy atom. The highest BCUT2D eigenvalue weighted by atomic mass is 16.4. The summed E-state index contributed by atoms with van der Waals surface area (Å²) in [4.78, 5) is 25.8. The van der Waals surface area contributed by atoms with Gasteiger partial charge in [0, 0.05) is 19.2 Å². The van der Waals surface area contributed by atoms with Gasteiger partial charge in [0.1, 0.15) is 0 Å². The van der Waals surface area contributed by atoms with Crippen LogP contribution in [-0.4, -0.2) is 24.0 Å². The number of amides is 1. The molecule has 0 bridgehead atoms. The van der Waals surface area contributed by atoms with Crippen LogP contribution in [-0.2, 0) is 9.59 Å². The van der Waals surface area contributed by atoms with Gasteiger partial charge in [0.05, 0.1) is 5.41 Å². The number of benzene rings is 1. The molecule has 21 heavy (non-hydrogen) atoms. The first-order chi connectivity index (χ1) is 9.96. The van der Waals surface area contributed by atoms with E-state index in [9.17, 15) is 14.7 Å². The largest absolute Gasteiger partial charge is 0.481 e. The number of carboxylic acid groups (broad SMARTS) is 1. The third kappa shape index (κ3) is 3.26. The SMILES string of the molecule is Cc1ccccc1N(C)C(=O)CC1(C(=O)O)CCCCC1. The van der Waals surface area contributed by atoms with Gasteiger partial charge >= 0.3 is 5.97 Å². The molecule has 0 spiro atoms. The first kappa shape index (κ1) is 15.5. The van der Waals surface area contributed by atoms with Crippen LogP contribution in [0.5, 0.6) is 0 Å². The molecule has 1 aromatic carbocycles. The number of hydrogen-bond acceptors (Lipinski definition) is 2. The third-order valence-corrected chi connectivity index (χ3v) is 4.60. The standard InChI is InChI=1S/C17H23NO3/c1-13-8-4-5-9-14(13)18(2)15(19)12-17(16(20)21)10-6-3-7-11-17/h4-5,8-9H,3,6-7,10-12H2,1-2H3,(H,20,21). The predicted octanol–water partition coefficient (Wildman–Crippen LogP) is 3.38. The van der Waals surface area contributed by atoms with Crippen LogP contribution in [0, 0.1) is 12.3 Å². The molecule has 2 rings (SSSR count). The van der Waals surface area contributed by atoms with Crippen molar-refractivity contribution in [3.05, 3.63) is 29.8 Å². The van der Waals surface area contributed by atoms with E-state index >= 15 is 0 Å². The zero-order chi connectivity index (χ0) is 15.5. The van der Waals surface area contributed by atoms with Gasteiger partial charge in [-0.3, -0.25) is 9.59 Å². The molecule has 4 heteroatoms. The first-order valence-electron chi connectivity index (χ1n) is 7.52. The zero-order valence-electron chi connectivity index (χ0n) is 12.8. The molecule has 0 heterocycles. The summed E-state index contributed by atoms with van der Waals surface area (Å²) in [5, 5.41) is 9.57. The average Bonchev–Trinajstić information content (AvgIpc) is 2.47. The zero-order valence-corrected chi connectivity index (χ0v) is 12.8. The Morgan fingerprint density at radius 2 is 1.81 bits per heavy atom. The molecular formula is C17H23NO3. The Bertz CT molecular complexity index is 533. The summed E-state index contributed by atoms with van der Waals surface area (Å²) in [6.45, 7) is 1.95. The molecule has 0 radical (unpaired) electrons. The van der Waals surface area contributed by atoms with Crippen molar-refractivity contribution < 1.29 is 14.7 Å². The summed E-state index contributed by atoms with van der Waals surface area (Å²) in [5.74, 6) is -0.942. The van der Waals surface area contributed by atoms with E-state index in [4.69, 9.17) is 0 Å².